The van der Waals surface area contributed by atoms with E-state index in [4.69, 9.17) is 11.6 Å². The van der Waals surface area contributed by atoms with Crippen LogP contribution in [0, 0.1) is 0 Å². The summed E-state index contributed by atoms with van der Waals surface area (Å²) in [4.78, 5) is 6.91. The first-order valence-electron chi connectivity index (χ1n) is 6.81. The molecule has 1 N–H and O–H groups in total. The Bertz CT molecular complexity index is 585. The quantitative estimate of drug-likeness (QED) is 0.933. The molecule has 100 valence electrons. The summed E-state index contributed by atoms with van der Waals surface area (Å²) >= 11 is 6.24. The Kier molecular flexibility index (Phi) is 3.58. The van der Waals surface area contributed by atoms with Crippen molar-refractivity contribution in [2.45, 2.75) is 19.4 Å². The van der Waals surface area contributed by atoms with E-state index >= 15 is 0 Å². The van der Waals surface area contributed by atoms with Crippen LogP contribution in [0.4, 0.5) is 5.69 Å². The number of hydrogen-bond acceptors (Lipinski definition) is 3. The Morgan fingerprint density at radius 1 is 1.42 bits per heavy atom. The number of nitrogens with one attached hydrogen (secondary N) is 1. The monoisotopic (exact) mass is 275 g/mol. The Morgan fingerprint density at radius 3 is 3.16 bits per heavy atom. The molecule has 4 heteroatoms. The van der Waals surface area contributed by atoms with Crippen LogP contribution in [0.2, 0.25) is 5.02 Å². The maximum atomic E-state index is 6.24. The van der Waals surface area contributed by atoms with Crippen LogP contribution in [0.1, 0.15) is 13.3 Å². The van der Waals surface area contributed by atoms with Gasteiger partial charge in [0, 0.05) is 30.7 Å². The van der Waals surface area contributed by atoms with E-state index in [1.165, 1.54) is 12.1 Å². The topological polar surface area (TPSA) is 28.2 Å². The molecule has 0 saturated carbocycles. The highest BCUT2D eigenvalue weighted by molar-refractivity contribution is 6.35. The van der Waals surface area contributed by atoms with Gasteiger partial charge in [-0.05, 0) is 37.2 Å². The van der Waals surface area contributed by atoms with E-state index in [0.29, 0.717) is 6.04 Å². The van der Waals surface area contributed by atoms with Gasteiger partial charge in [0.25, 0.3) is 0 Å². The molecule has 1 atom stereocenters. The number of halogens is 1. The Morgan fingerprint density at radius 2 is 2.32 bits per heavy atom. The third kappa shape index (κ3) is 2.40. The Labute approximate surface area is 118 Å². The molecule has 0 radical (unpaired) electrons. The molecule has 2 aromatic rings. The molecule has 1 aromatic carbocycles. The molecule has 3 nitrogen and oxygen atoms in total. The highest BCUT2D eigenvalue weighted by Crippen LogP contribution is 2.32. The lowest BCUT2D eigenvalue weighted by Crippen LogP contribution is -2.32. The van der Waals surface area contributed by atoms with E-state index in [2.05, 4.69) is 28.2 Å². The second kappa shape index (κ2) is 5.35. The molecule has 1 unspecified atom stereocenters. The summed E-state index contributed by atoms with van der Waals surface area (Å²) in [5.74, 6) is 0. The Balaban J connectivity index is 1.96. The predicted molar refractivity (Wildman–Crippen MR) is 81.0 cm³/mol. The van der Waals surface area contributed by atoms with Crippen LogP contribution in [-0.2, 0) is 0 Å². The van der Waals surface area contributed by atoms with Crippen LogP contribution in [0.5, 0.6) is 0 Å². The lowest BCUT2D eigenvalue weighted by molar-refractivity contribution is 0.572. The van der Waals surface area contributed by atoms with Crippen molar-refractivity contribution in [3.63, 3.8) is 0 Å². The Hall–Kier alpha value is -1.32. The number of hydrogen-bond donors (Lipinski definition) is 1. The predicted octanol–water partition coefficient (Wildman–Crippen LogP) is 3.08. The van der Waals surface area contributed by atoms with Crippen LogP contribution in [-0.4, -0.2) is 30.7 Å². The minimum atomic E-state index is 0.583. The lowest BCUT2D eigenvalue weighted by atomic mass is 10.2. The summed E-state index contributed by atoms with van der Waals surface area (Å²) in [6.07, 6.45) is 3.02. The average Bonchev–Trinajstić information content (AvgIpc) is 2.88. The van der Waals surface area contributed by atoms with E-state index in [-0.39, 0.29) is 0 Å². The van der Waals surface area contributed by atoms with Gasteiger partial charge >= 0.3 is 0 Å². The van der Waals surface area contributed by atoms with Crippen LogP contribution >= 0.6 is 11.6 Å². The average molecular weight is 276 g/mol. The molecule has 0 spiro atoms. The number of nitrogens with zero attached hydrogens (tertiary/aromatic N) is 2. The summed E-state index contributed by atoms with van der Waals surface area (Å²) in [6, 6.07) is 8.61. The molecule has 2 heterocycles. The first-order chi connectivity index (χ1) is 9.29. The van der Waals surface area contributed by atoms with Gasteiger partial charge in [-0.2, -0.15) is 0 Å². The third-order valence-corrected chi connectivity index (χ3v) is 4.05. The number of rotatable bonds is 3. The van der Waals surface area contributed by atoms with Crippen LogP contribution in [0.3, 0.4) is 0 Å². The van der Waals surface area contributed by atoms with Crippen molar-refractivity contribution < 1.29 is 0 Å². The summed E-state index contributed by atoms with van der Waals surface area (Å²) in [6.45, 7) is 5.30. The minimum absolute atomic E-state index is 0.583. The molecule has 0 amide bonds. The van der Waals surface area contributed by atoms with Crippen LogP contribution < -0.4 is 10.2 Å². The molecule has 1 aliphatic heterocycles. The van der Waals surface area contributed by atoms with Crippen LogP contribution in [0.15, 0.2) is 30.5 Å². The largest absolute Gasteiger partial charge is 0.368 e. The zero-order valence-electron chi connectivity index (χ0n) is 11.1. The maximum absolute atomic E-state index is 6.24. The van der Waals surface area contributed by atoms with Crippen LogP contribution in [0.25, 0.3) is 10.9 Å². The number of anilines is 1. The van der Waals surface area contributed by atoms with Gasteiger partial charge in [-0.25, -0.2) is 0 Å². The summed E-state index contributed by atoms with van der Waals surface area (Å²) in [5.41, 5.74) is 2.20. The number of pyridine rings is 1. The van der Waals surface area contributed by atoms with E-state index in [9.17, 15) is 0 Å². The standard InChI is InChI=1S/C15H18ClN3/c1-2-17-11-7-9-19(10-11)14-6-5-13(16)12-4-3-8-18-15(12)14/h3-6,8,11,17H,2,7,9-10H2,1H3. The minimum Gasteiger partial charge on any atom is -0.368 e. The second-order valence-electron chi connectivity index (χ2n) is 4.96. The number of fused-ring (bicyclic) bond motifs is 1. The molecule has 1 fully saturated rings. The second-order valence-corrected chi connectivity index (χ2v) is 5.36. The highest BCUT2D eigenvalue weighted by Gasteiger charge is 2.23. The van der Waals surface area contributed by atoms with Gasteiger partial charge in [-0.1, -0.05) is 18.5 Å². The van der Waals surface area contributed by atoms with Gasteiger partial charge in [0.1, 0.15) is 0 Å². The highest BCUT2D eigenvalue weighted by atomic mass is 35.5. The number of aromatic nitrogens is 1. The number of benzene rings is 1. The van der Waals surface area contributed by atoms with Crippen molar-refractivity contribution in [2.24, 2.45) is 0 Å². The lowest BCUT2D eigenvalue weighted by Gasteiger charge is -2.20. The molecular weight excluding hydrogens is 258 g/mol. The van der Waals surface area contributed by atoms with Gasteiger partial charge in [0.2, 0.25) is 0 Å². The van der Waals surface area contributed by atoms with Gasteiger partial charge in [-0.3, -0.25) is 4.98 Å². The van der Waals surface area contributed by atoms with E-state index in [0.717, 1.165) is 35.6 Å². The van der Waals surface area contributed by atoms with Gasteiger partial charge in [0.05, 0.1) is 16.2 Å². The molecule has 19 heavy (non-hydrogen) atoms. The number of likely N-dealkylation sites (N-methyl/N-ethyl adjacent to an activating group) is 1. The van der Waals surface area contributed by atoms with Crippen molar-refractivity contribution in [1.82, 2.24) is 10.3 Å². The van der Waals surface area contributed by atoms with Gasteiger partial charge in [0.15, 0.2) is 0 Å². The zero-order valence-corrected chi connectivity index (χ0v) is 11.8. The normalized spacial score (nSPS) is 19.3. The smallest absolute Gasteiger partial charge is 0.0950 e. The van der Waals surface area contributed by atoms with Crippen molar-refractivity contribution in [3.05, 3.63) is 35.5 Å². The van der Waals surface area contributed by atoms with Crippen molar-refractivity contribution in [1.29, 1.82) is 0 Å². The van der Waals surface area contributed by atoms with Crippen molar-refractivity contribution in [3.8, 4) is 0 Å². The summed E-state index contributed by atoms with van der Waals surface area (Å²) in [5, 5.41) is 5.32. The fourth-order valence-corrected chi connectivity index (χ4v) is 3.03. The summed E-state index contributed by atoms with van der Waals surface area (Å²) < 4.78 is 0. The summed E-state index contributed by atoms with van der Waals surface area (Å²) in [7, 11) is 0. The van der Waals surface area contributed by atoms with E-state index in [1.54, 1.807) is 0 Å². The molecule has 1 aliphatic rings. The van der Waals surface area contributed by atoms with E-state index in [1.807, 2.05) is 24.4 Å². The van der Waals surface area contributed by atoms with Gasteiger partial charge in [-0.15, -0.1) is 0 Å². The molecule has 0 aliphatic carbocycles. The molecule has 0 bridgehead atoms. The first-order valence-corrected chi connectivity index (χ1v) is 7.19. The SMILES string of the molecule is CCNC1CCN(c2ccc(Cl)c3cccnc23)C1. The maximum Gasteiger partial charge on any atom is 0.0950 e. The fraction of sp³-hybridized carbons (Fsp3) is 0.400. The molecule has 3 rings (SSSR count). The third-order valence-electron chi connectivity index (χ3n) is 3.72. The zero-order chi connectivity index (χ0) is 13.2. The molecule has 1 aromatic heterocycles. The van der Waals surface area contributed by atoms with Gasteiger partial charge < -0.3 is 10.2 Å². The van der Waals surface area contributed by atoms with Crippen molar-refractivity contribution >= 4 is 28.2 Å². The van der Waals surface area contributed by atoms with Crippen molar-refractivity contribution in [2.75, 3.05) is 24.5 Å². The fourth-order valence-electron chi connectivity index (χ4n) is 2.81. The first kappa shape index (κ1) is 12.7. The molecular formula is C15H18ClN3. The molecule has 1 saturated heterocycles. The van der Waals surface area contributed by atoms with E-state index < -0.39 is 0 Å².